The van der Waals surface area contributed by atoms with Crippen LogP contribution in [0, 0.1) is 17.7 Å². The summed E-state index contributed by atoms with van der Waals surface area (Å²) in [5.41, 5.74) is 0.427. The fourth-order valence-corrected chi connectivity index (χ4v) is 4.01. The molecule has 0 aromatic heterocycles. The van der Waals surface area contributed by atoms with E-state index < -0.39 is 0 Å². The molecule has 0 aliphatic carbocycles. The van der Waals surface area contributed by atoms with E-state index in [1.54, 1.807) is 6.07 Å². The van der Waals surface area contributed by atoms with Crippen LogP contribution in [0.15, 0.2) is 22.7 Å². The fraction of sp³-hybridized carbons (Fsp3) is 0.533. The highest BCUT2D eigenvalue weighted by Crippen LogP contribution is 2.35. The van der Waals surface area contributed by atoms with Crippen molar-refractivity contribution in [2.45, 2.75) is 19.4 Å². The Kier molecular flexibility index (Phi) is 3.82. The van der Waals surface area contributed by atoms with Gasteiger partial charge < -0.3 is 10.2 Å². The third kappa shape index (κ3) is 2.27. The molecule has 1 N–H and O–H groups in total. The topological polar surface area (TPSA) is 32.3 Å². The molecule has 0 radical (unpaired) electrons. The number of rotatable bonds is 2. The second-order valence-corrected chi connectivity index (χ2v) is 6.49. The zero-order chi connectivity index (χ0) is 14.3. The maximum Gasteiger partial charge on any atom is 0.255 e. The standard InChI is InChI=1S/C15H18BrFN2O/c1-2-14-12-7-18-6-9(12)8-19(14)15(20)11-5-10(17)3-4-13(11)16/h3-5,9,12,14,18H,2,6-8H2,1H3. The van der Waals surface area contributed by atoms with Crippen molar-refractivity contribution in [2.24, 2.45) is 11.8 Å². The number of carbonyl (C=O) groups excluding carboxylic acids is 1. The molecular weight excluding hydrogens is 323 g/mol. The van der Waals surface area contributed by atoms with Crippen LogP contribution < -0.4 is 5.32 Å². The Morgan fingerprint density at radius 2 is 2.30 bits per heavy atom. The highest BCUT2D eigenvalue weighted by molar-refractivity contribution is 9.10. The van der Waals surface area contributed by atoms with Crippen LogP contribution in [0.4, 0.5) is 4.39 Å². The van der Waals surface area contributed by atoms with Crippen molar-refractivity contribution in [1.29, 1.82) is 0 Å². The average Bonchev–Trinajstić information content (AvgIpc) is 3.00. The summed E-state index contributed by atoms with van der Waals surface area (Å²) in [7, 11) is 0. The van der Waals surface area contributed by atoms with Crippen molar-refractivity contribution < 1.29 is 9.18 Å². The summed E-state index contributed by atoms with van der Waals surface area (Å²) < 4.78 is 14.1. The van der Waals surface area contributed by atoms with Gasteiger partial charge in [0.2, 0.25) is 0 Å². The number of nitrogens with one attached hydrogen (secondary N) is 1. The summed E-state index contributed by atoms with van der Waals surface area (Å²) in [4.78, 5) is 14.7. The lowest BCUT2D eigenvalue weighted by atomic mass is 9.93. The smallest absolute Gasteiger partial charge is 0.255 e. The molecule has 3 atom stereocenters. The van der Waals surface area contributed by atoms with E-state index in [1.165, 1.54) is 12.1 Å². The molecule has 2 aliphatic heterocycles. The molecule has 20 heavy (non-hydrogen) atoms. The van der Waals surface area contributed by atoms with Gasteiger partial charge in [-0.15, -0.1) is 0 Å². The van der Waals surface area contributed by atoms with Crippen molar-refractivity contribution in [1.82, 2.24) is 10.2 Å². The van der Waals surface area contributed by atoms with Crippen LogP contribution >= 0.6 is 15.9 Å². The molecule has 2 saturated heterocycles. The van der Waals surface area contributed by atoms with Gasteiger partial charge in [0, 0.05) is 30.1 Å². The van der Waals surface area contributed by atoms with Gasteiger partial charge in [-0.2, -0.15) is 0 Å². The number of fused-ring (bicyclic) bond motifs is 1. The van der Waals surface area contributed by atoms with E-state index in [9.17, 15) is 9.18 Å². The van der Waals surface area contributed by atoms with Crippen molar-refractivity contribution in [2.75, 3.05) is 19.6 Å². The van der Waals surface area contributed by atoms with E-state index in [4.69, 9.17) is 0 Å². The van der Waals surface area contributed by atoms with Gasteiger partial charge in [-0.25, -0.2) is 4.39 Å². The molecule has 2 aliphatic rings. The fourth-order valence-electron chi connectivity index (χ4n) is 3.60. The molecule has 1 aromatic rings. The van der Waals surface area contributed by atoms with Crippen LogP contribution in [0.25, 0.3) is 0 Å². The maximum atomic E-state index is 13.4. The predicted octanol–water partition coefficient (Wildman–Crippen LogP) is 2.66. The molecule has 0 bridgehead atoms. The molecule has 0 spiro atoms. The van der Waals surface area contributed by atoms with E-state index in [-0.39, 0.29) is 17.8 Å². The Labute approximate surface area is 126 Å². The van der Waals surface area contributed by atoms with Crippen molar-refractivity contribution >= 4 is 21.8 Å². The van der Waals surface area contributed by atoms with Crippen LogP contribution in [-0.4, -0.2) is 36.5 Å². The lowest BCUT2D eigenvalue weighted by molar-refractivity contribution is 0.0710. The average molecular weight is 341 g/mol. The van der Waals surface area contributed by atoms with Gasteiger partial charge in [-0.3, -0.25) is 4.79 Å². The van der Waals surface area contributed by atoms with E-state index in [1.807, 2.05) is 4.90 Å². The molecule has 3 unspecified atom stereocenters. The first kappa shape index (κ1) is 14.0. The highest BCUT2D eigenvalue weighted by Gasteiger charge is 2.45. The summed E-state index contributed by atoms with van der Waals surface area (Å²) >= 11 is 3.35. The monoisotopic (exact) mass is 340 g/mol. The molecule has 2 heterocycles. The van der Waals surface area contributed by atoms with E-state index in [0.29, 0.717) is 21.9 Å². The van der Waals surface area contributed by atoms with Gasteiger partial charge in [-0.05, 0) is 52.4 Å². The van der Waals surface area contributed by atoms with Gasteiger partial charge in [-0.1, -0.05) is 6.92 Å². The third-order valence-corrected chi connectivity index (χ3v) is 5.25. The van der Waals surface area contributed by atoms with E-state index in [0.717, 1.165) is 26.1 Å². The first-order valence-corrected chi connectivity index (χ1v) is 7.88. The maximum absolute atomic E-state index is 13.4. The number of halogens is 2. The Hall–Kier alpha value is -0.940. The Morgan fingerprint density at radius 1 is 1.50 bits per heavy atom. The van der Waals surface area contributed by atoms with Crippen LogP contribution in [0.2, 0.25) is 0 Å². The summed E-state index contributed by atoms with van der Waals surface area (Å²) in [6.45, 7) is 4.86. The Balaban J connectivity index is 1.88. The van der Waals surface area contributed by atoms with E-state index >= 15 is 0 Å². The number of likely N-dealkylation sites (tertiary alicyclic amines) is 1. The molecule has 3 nitrogen and oxygen atoms in total. The molecule has 3 rings (SSSR count). The van der Waals surface area contributed by atoms with Gasteiger partial charge in [0.1, 0.15) is 5.82 Å². The second kappa shape index (κ2) is 5.45. The predicted molar refractivity (Wildman–Crippen MR) is 79.1 cm³/mol. The van der Waals surface area contributed by atoms with Gasteiger partial charge >= 0.3 is 0 Å². The summed E-state index contributed by atoms with van der Waals surface area (Å²) in [5, 5.41) is 3.40. The minimum Gasteiger partial charge on any atom is -0.335 e. The quantitative estimate of drug-likeness (QED) is 0.897. The third-order valence-electron chi connectivity index (χ3n) is 4.56. The zero-order valence-electron chi connectivity index (χ0n) is 11.4. The van der Waals surface area contributed by atoms with Gasteiger partial charge in [0.05, 0.1) is 5.56 Å². The number of amides is 1. The van der Waals surface area contributed by atoms with Crippen molar-refractivity contribution in [3.05, 3.63) is 34.1 Å². The molecular formula is C15H18BrFN2O. The van der Waals surface area contributed by atoms with Crippen molar-refractivity contribution in [3.63, 3.8) is 0 Å². The van der Waals surface area contributed by atoms with Crippen LogP contribution in [-0.2, 0) is 0 Å². The summed E-state index contributed by atoms with van der Waals surface area (Å²) in [5.74, 6) is 0.649. The Morgan fingerprint density at radius 3 is 3.05 bits per heavy atom. The Bertz CT molecular complexity index is 537. The first-order valence-electron chi connectivity index (χ1n) is 7.08. The van der Waals surface area contributed by atoms with E-state index in [2.05, 4.69) is 28.2 Å². The molecule has 0 saturated carbocycles. The van der Waals surface area contributed by atoms with Crippen LogP contribution in [0.5, 0.6) is 0 Å². The van der Waals surface area contributed by atoms with Gasteiger partial charge in [0.15, 0.2) is 0 Å². The van der Waals surface area contributed by atoms with Crippen LogP contribution in [0.1, 0.15) is 23.7 Å². The van der Waals surface area contributed by atoms with Crippen LogP contribution in [0.3, 0.4) is 0 Å². The van der Waals surface area contributed by atoms with Gasteiger partial charge in [0.25, 0.3) is 5.91 Å². The first-order chi connectivity index (χ1) is 9.61. The lowest BCUT2D eigenvalue weighted by Crippen LogP contribution is -2.39. The summed E-state index contributed by atoms with van der Waals surface area (Å²) in [6, 6.07) is 4.55. The largest absolute Gasteiger partial charge is 0.335 e. The zero-order valence-corrected chi connectivity index (χ0v) is 13.0. The molecule has 1 amide bonds. The number of carbonyl (C=O) groups is 1. The minimum atomic E-state index is -0.370. The number of benzene rings is 1. The lowest BCUT2D eigenvalue weighted by Gasteiger charge is -2.27. The summed E-state index contributed by atoms with van der Waals surface area (Å²) in [6.07, 6.45) is 0.946. The minimum absolute atomic E-state index is 0.0578. The molecule has 5 heteroatoms. The molecule has 108 valence electrons. The number of hydrogen-bond donors (Lipinski definition) is 1. The molecule has 1 aromatic carbocycles. The second-order valence-electron chi connectivity index (χ2n) is 5.64. The van der Waals surface area contributed by atoms with Crippen molar-refractivity contribution in [3.8, 4) is 0 Å². The molecule has 2 fully saturated rings. The highest BCUT2D eigenvalue weighted by atomic mass is 79.9. The number of nitrogens with zero attached hydrogens (tertiary/aromatic N) is 1. The normalized spacial score (nSPS) is 28.8. The number of hydrogen-bond acceptors (Lipinski definition) is 2. The SMILES string of the molecule is CCC1C2CNCC2CN1C(=O)c1cc(F)ccc1Br.